The molecule has 31 heavy (non-hydrogen) atoms. The van der Waals surface area contributed by atoms with E-state index < -0.39 is 33.7 Å². The number of carbonyl (C=O) groups is 1. The van der Waals surface area contributed by atoms with Gasteiger partial charge >= 0.3 is 11.7 Å². The predicted octanol–water partition coefficient (Wildman–Crippen LogP) is 3.57. The summed E-state index contributed by atoms with van der Waals surface area (Å²) in [5.74, 6) is -1.83. The number of alkyl halides is 1. The van der Waals surface area contributed by atoms with Gasteiger partial charge in [-0.3, -0.25) is 9.78 Å². The van der Waals surface area contributed by atoms with Gasteiger partial charge in [-0.25, -0.2) is 14.3 Å². The van der Waals surface area contributed by atoms with Crippen LogP contribution in [0.25, 0.3) is 0 Å². The number of carboxylic acids is 1. The first-order chi connectivity index (χ1) is 14.7. The van der Waals surface area contributed by atoms with Gasteiger partial charge in [0.2, 0.25) is 5.69 Å². The lowest BCUT2D eigenvalue weighted by Crippen LogP contribution is -2.40. The fourth-order valence-corrected chi connectivity index (χ4v) is 4.03. The molecule has 1 aromatic carbocycles. The highest BCUT2D eigenvalue weighted by Gasteiger charge is 2.41. The van der Waals surface area contributed by atoms with E-state index in [1.807, 2.05) is 31.0 Å². The highest BCUT2D eigenvalue weighted by molar-refractivity contribution is 6.30. The molecule has 0 amide bonds. The van der Waals surface area contributed by atoms with Crippen LogP contribution in [-0.2, 0) is 12.0 Å². The van der Waals surface area contributed by atoms with E-state index in [0.29, 0.717) is 11.4 Å². The molecule has 2 aromatic rings. The van der Waals surface area contributed by atoms with Crippen LogP contribution in [0.5, 0.6) is 0 Å². The monoisotopic (exact) mass is 466 g/mol. The summed E-state index contributed by atoms with van der Waals surface area (Å²) >= 11 is 12.7. The molecule has 1 heterocycles. The lowest BCUT2D eigenvalue weighted by atomic mass is 9.67. The number of hydrogen-bond donors (Lipinski definition) is 2. The fourth-order valence-electron chi connectivity index (χ4n) is 3.59. The molecule has 1 aromatic heterocycles. The number of aromatic carboxylic acids is 1. The van der Waals surface area contributed by atoms with Crippen molar-refractivity contribution in [3.05, 3.63) is 61.4 Å². The standard InChI is InChI=1S/C21H24Cl2N4O4/c1-3-4-10-21(12-24,14-5-7-15(22)8-6-14)13(2)16(23)9-11-27-20(31)25-18(28)17(26-27)19(29)30/h5-8,13,16H,3-4,9-11H2,1-2H3,(H,29,30)(H,25,28,31). The molecule has 3 atom stereocenters. The molecule has 0 fully saturated rings. The first-order valence-corrected chi connectivity index (χ1v) is 10.7. The van der Waals surface area contributed by atoms with Crippen molar-refractivity contribution in [3.8, 4) is 6.07 Å². The number of nitrogens with one attached hydrogen (secondary N) is 1. The Morgan fingerprint density at radius 3 is 2.55 bits per heavy atom. The van der Waals surface area contributed by atoms with Gasteiger partial charge in [0.15, 0.2) is 0 Å². The summed E-state index contributed by atoms with van der Waals surface area (Å²) in [6.07, 6.45) is 2.58. The van der Waals surface area contributed by atoms with Crippen molar-refractivity contribution in [1.29, 1.82) is 5.26 Å². The Labute approximate surface area is 189 Å². The summed E-state index contributed by atoms with van der Waals surface area (Å²) in [4.78, 5) is 36.6. The number of carboxylic acid groups (broad SMARTS) is 1. The van der Waals surface area contributed by atoms with Gasteiger partial charge in [0.1, 0.15) is 0 Å². The van der Waals surface area contributed by atoms with E-state index in [-0.39, 0.29) is 18.9 Å². The van der Waals surface area contributed by atoms with Crippen LogP contribution >= 0.6 is 23.2 Å². The molecule has 0 spiro atoms. The van der Waals surface area contributed by atoms with Gasteiger partial charge < -0.3 is 5.11 Å². The third-order valence-corrected chi connectivity index (χ3v) is 6.36. The Hall–Kier alpha value is -2.63. The van der Waals surface area contributed by atoms with Crippen molar-refractivity contribution >= 4 is 29.2 Å². The number of aryl methyl sites for hydroxylation is 1. The predicted molar refractivity (Wildman–Crippen MR) is 118 cm³/mol. The minimum Gasteiger partial charge on any atom is -0.476 e. The third kappa shape index (κ3) is 5.54. The highest BCUT2D eigenvalue weighted by Crippen LogP contribution is 2.41. The molecular weight excluding hydrogens is 443 g/mol. The van der Waals surface area contributed by atoms with Crippen LogP contribution in [0.15, 0.2) is 33.9 Å². The average molecular weight is 467 g/mol. The van der Waals surface area contributed by atoms with Crippen molar-refractivity contribution < 1.29 is 9.90 Å². The van der Waals surface area contributed by atoms with Crippen molar-refractivity contribution in [2.75, 3.05) is 0 Å². The van der Waals surface area contributed by atoms with Crippen molar-refractivity contribution in [2.45, 2.75) is 56.9 Å². The molecule has 2 rings (SSSR count). The van der Waals surface area contributed by atoms with Crippen LogP contribution in [0.1, 0.15) is 55.6 Å². The summed E-state index contributed by atoms with van der Waals surface area (Å²) in [6.45, 7) is 3.92. The second-order valence-electron chi connectivity index (χ2n) is 7.42. The van der Waals surface area contributed by atoms with Crippen molar-refractivity contribution in [1.82, 2.24) is 14.8 Å². The molecule has 0 saturated carbocycles. The number of hydrogen-bond acceptors (Lipinski definition) is 5. The maximum Gasteiger partial charge on any atom is 0.362 e. The Morgan fingerprint density at radius 2 is 2.00 bits per heavy atom. The highest BCUT2D eigenvalue weighted by atomic mass is 35.5. The van der Waals surface area contributed by atoms with Gasteiger partial charge in [-0.1, -0.05) is 50.4 Å². The lowest BCUT2D eigenvalue weighted by molar-refractivity contribution is 0.0684. The molecule has 3 unspecified atom stereocenters. The number of H-pyrrole nitrogens is 1. The molecule has 0 bridgehead atoms. The number of aromatic nitrogens is 3. The first-order valence-electron chi connectivity index (χ1n) is 9.92. The Bertz CT molecular complexity index is 1070. The first kappa shape index (κ1) is 24.6. The Morgan fingerprint density at radius 1 is 1.35 bits per heavy atom. The summed E-state index contributed by atoms with van der Waals surface area (Å²) < 4.78 is 0.870. The molecule has 2 N–H and O–H groups in total. The number of nitriles is 1. The minimum absolute atomic E-state index is 0.00962. The Kier molecular flexibility index (Phi) is 8.43. The van der Waals surface area contributed by atoms with Crippen LogP contribution < -0.4 is 11.2 Å². The van der Waals surface area contributed by atoms with Crippen LogP contribution in [0, 0.1) is 17.2 Å². The fraction of sp³-hybridized carbons (Fsp3) is 0.476. The molecular formula is C21H24Cl2N4O4. The minimum atomic E-state index is -1.53. The van der Waals surface area contributed by atoms with E-state index in [9.17, 15) is 19.6 Å². The zero-order valence-electron chi connectivity index (χ0n) is 17.3. The molecule has 166 valence electrons. The van der Waals surface area contributed by atoms with Crippen molar-refractivity contribution in [2.24, 2.45) is 5.92 Å². The molecule has 0 radical (unpaired) electrons. The van der Waals surface area contributed by atoms with Gasteiger partial charge in [-0.15, -0.1) is 11.6 Å². The number of aromatic amines is 1. The molecule has 0 saturated heterocycles. The van der Waals surface area contributed by atoms with Gasteiger partial charge in [-0.05, 0) is 36.5 Å². The lowest BCUT2D eigenvalue weighted by Gasteiger charge is -2.36. The van der Waals surface area contributed by atoms with E-state index >= 15 is 0 Å². The van der Waals surface area contributed by atoms with E-state index in [1.165, 1.54) is 0 Å². The molecule has 0 aliphatic carbocycles. The topological polar surface area (TPSA) is 129 Å². The average Bonchev–Trinajstić information content (AvgIpc) is 2.74. The number of rotatable bonds is 10. The smallest absolute Gasteiger partial charge is 0.362 e. The van der Waals surface area contributed by atoms with E-state index in [4.69, 9.17) is 28.3 Å². The zero-order valence-corrected chi connectivity index (χ0v) is 18.8. The summed E-state index contributed by atoms with van der Waals surface area (Å²) in [5.41, 5.74) is -2.69. The summed E-state index contributed by atoms with van der Waals surface area (Å²) in [7, 11) is 0. The van der Waals surface area contributed by atoms with Crippen LogP contribution in [0.4, 0.5) is 0 Å². The molecule has 10 heteroatoms. The summed E-state index contributed by atoms with van der Waals surface area (Å²) in [5, 5.41) is 22.9. The van der Waals surface area contributed by atoms with Gasteiger partial charge in [0, 0.05) is 16.9 Å². The SMILES string of the molecule is CCCCC(C#N)(c1ccc(Cl)cc1)C(C)C(Cl)CCn1nc(C(=O)O)c(=O)[nH]c1=O. The largest absolute Gasteiger partial charge is 0.476 e. The van der Waals surface area contributed by atoms with Crippen LogP contribution in [-0.4, -0.2) is 31.2 Å². The van der Waals surface area contributed by atoms with Gasteiger partial charge in [0.05, 0.1) is 11.5 Å². The zero-order chi connectivity index (χ0) is 23.2. The molecule has 8 nitrogen and oxygen atoms in total. The van der Waals surface area contributed by atoms with Crippen LogP contribution in [0.3, 0.4) is 0 Å². The van der Waals surface area contributed by atoms with Gasteiger partial charge in [0.25, 0.3) is 5.56 Å². The maximum absolute atomic E-state index is 12.0. The Balaban J connectivity index is 2.30. The summed E-state index contributed by atoms with van der Waals surface area (Å²) in [6, 6.07) is 9.60. The maximum atomic E-state index is 12.0. The number of unbranched alkanes of at least 4 members (excludes halogenated alkanes) is 1. The van der Waals surface area contributed by atoms with Crippen LogP contribution in [0.2, 0.25) is 5.02 Å². The number of halogens is 2. The van der Waals surface area contributed by atoms with Crippen molar-refractivity contribution in [3.63, 3.8) is 0 Å². The molecule has 0 aliphatic heterocycles. The second kappa shape index (κ2) is 10.6. The van der Waals surface area contributed by atoms with Gasteiger partial charge in [-0.2, -0.15) is 10.4 Å². The molecule has 0 aliphatic rings. The van der Waals surface area contributed by atoms with E-state index in [1.54, 1.807) is 12.1 Å². The number of benzene rings is 1. The quantitative estimate of drug-likeness (QED) is 0.514. The number of nitrogens with zero attached hydrogens (tertiary/aromatic N) is 3. The second-order valence-corrected chi connectivity index (χ2v) is 8.42. The van der Waals surface area contributed by atoms with E-state index in [2.05, 4.69) is 11.2 Å². The normalized spacial score (nSPS) is 14.9. The van der Waals surface area contributed by atoms with E-state index in [0.717, 1.165) is 23.1 Å². The third-order valence-electron chi connectivity index (χ3n) is 5.51.